The number of hydrogen-bond acceptors (Lipinski definition) is 3. The van der Waals surface area contributed by atoms with E-state index in [0.29, 0.717) is 6.61 Å². The second kappa shape index (κ2) is 8.32. The predicted octanol–water partition coefficient (Wildman–Crippen LogP) is 3.93. The summed E-state index contributed by atoms with van der Waals surface area (Å²) in [4.78, 5) is 0. The largest absolute Gasteiger partial charge is 0.319 e. The molecule has 0 aliphatic carbocycles. The SMILES string of the molecule is CCCCCC1CCCCCO[PH](=O)O1. The highest BCUT2D eigenvalue weighted by Crippen LogP contribution is 2.31. The zero-order chi connectivity index (χ0) is 10.9. The van der Waals surface area contributed by atoms with Crippen LogP contribution in [-0.4, -0.2) is 12.7 Å². The Labute approximate surface area is 93.5 Å². The molecule has 0 spiro atoms. The number of unbranched alkanes of at least 4 members (excludes halogenated alkanes) is 2. The van der Waals surface area contributed by atoms with Gasteiger partial charge in [0.25, 0.3) is 0 Å². The quantitative estimate of drug-likeness (QED) is 0.546. The summed E-state index contributed by atoms with van der Waals surface area (Å²) in [6.45, 7) is 2.79. The summed E-state index contributed by atoms with van der Waals surface area (Å²) in [5.74, 6) is 0. The Kier molecular flexibility index (Phi) is 7.33. The van der Waals surface area contributed by atoms with E-state index in [-0.39, 0.29) is 6.10 Å². The molecule has 0 saturated carbocycles. The second-order valence-electron chi connectivity index (χ2n) is 4.18. The van der Waals surface area contributed by atoms with E-state index in [4.69, 9.17) is 9.05 Å². The molecule has 0 aromatic rings. The summed E-state index contributed by atoms with van der Waals surface area (Å²) in [7, 11) is -2.21. The van der Waals surface area contributed by atoms with Crippen molar-refractivity contribution < 1.29 is 13.6 Å². The van der Waals surface area contributed by atoms with Crippen LogP contribution in [0.25, 0.3) is 0 Å². The van der Waals surface area contributed by atoms with E-state index >= 15 is 0 Å². The molecule has 15 heavy (non-hydrogen) atoms. The van der Waals surface area contributed by atoms with E-state index < -0.39 is 8.25 Å². The molecule has 0 N–H and O–H groups in total. The van der Waals surface area contributed by atoms with Gasteiger partial charge in [-0.15, -0.1) is 0 Å². The molecule has 1 aliphatic rings. The Hall–Kier alpha value is 0.150. The molecule has 4 heteroatoms. The van der Waals surface area contributed by atoms with Crippen molar-refractivity contribution in [3.05, 3.63) is 0 Å². The molecule has 1 saturated heterocycles. The van der Waals surface area contributed by atoms with E-state index in [1.54, 1.807) is 0 Å². The van der Waals surface area contributed by atoms with Crippen LogP contribution in [0, 0.1) is 0 Å². The molecule has 3 nitrogen and oxygen atoms in total. The van der Waals surface area contributed by atoms with Crippen molar-refractivity contribution in [2.75, 3.05) is 6.61 Å². The van der Waals surface area contributed by atoms with Gasteiger partial charge in [-0.2, -0.15) is 0 Å². The number of rotatable bonds is 4. The van der Waals surface area contributed by atoms with E-state index in [1.165, 1.54) is 32.1 Å². The van der Waals surface area contributed by atoms with E-state index in [1.807, 2.05) is 0 Å². The highest BCUT2D eigenvalue weighted by molar-refractivity contribution is 7.33. The van der Waals surface area contributed by atoms with Gasteiger partial charge in [0.05, 0.1) is 12.7 Å². The molecule has 0 aromatic carbocycles. The molecular weight excluding hydrogens is 211 g/mol. The fourth-order valence-corrected chi connectivity index (χ4v) is 2.75. The molecule has 1 heterocycles. The minimum Gasteiger partial charge on any atom is -0.311 e. The molecule has 2 unspecified atom stereocenters. The van der Waals surface area contributed by atoms with Crippen molar-refractivity contribution in [1.29, 1.82) is 0 Å². The topological polar surface area (TPSA) is 35.5 Å². The van der Waals surface area contributed by atoms with Crippen molar-refractivity contribution >= 4 is 8.25 Å². The van der Waals surface area contributed by atoms with Crippen LogP contribution in [-0.2, 0) is 13.6 Å². The third-order valence-electron chi connectivity index (χ3n) is 2.78. The molecule has 2 atom stereocenters. The van der Waals surface area contributed by atoms with Crippen LogP contribution in [0.3, 0.4) is 0 Å². The average molecular weight is 234 g/mol. The fourth-order valence-electron chi connectivity index (χ4n) is 1.86. The van der Waals surface area contributed by atoms with Gasteiger partial charge in [0.2, 0.25) is 0 Å². The summed E-state index contributed by atoms with van der Waals surface area (Å²) >= 11 is 0. The molecule has 90 valence electrons. The van der Waals surface area contributed by atoms with Crippen LogP contribution in [0.1, 0.15) is 58.3 Å². The van der Waals surface area contributed by atoms with E-state index in [9.17, 15) is 4.57 Å². The van der Waals surface area contributed by atoms with Crippen LogP contribution in [0.15, 0.2) is 0 Å². The highest BCUT2D eigenvalue weighted by atomic mass is 31.1. The fraction of sp³-hybridized carbons (Fsp3) is 1.00. The first-order chi connectivity index (χ1) is 7.33. The molecule has 0 bridgehead atoms. The van der Waals surface area contributed by atoms with Gasteiger partial charge in [-0.25, -0.2) is 0 Å². The van der Waals surface area contributed by atoms with Gasteiger partial charge in [-0.05, 0) is 19.3 Å². The minimum atomic E-state index is -2.21. The minimum absolute atomic E-state index is 0.168. The monoisotopic (exact) mass is 234 g/mol. The Balaban J connectivity index is 2.27. The number of hydrogen-bond donors (Lipinski definition) is 0. The van der Waals surface area contributed by atoms with Gasteiger partial charge < -0.3 is 9.05 Å². The third kappa shape index (κ3) is 6.34. The molecule has 0 radical (unpaired) electrons. The van der Waals surface area contributed by atoms with E-state index in [2.05, 4.69) is 6.92 Å². The standard InChI is InChI=1S/C11H23O3P/c1-2-3-5-8-11-9-6-4-7-10-13-15(12)14-11/h11,15H,2-10H2,1H3. The lowest BCUT2D eigenvalue weighted by atomic mass is 10.0. The van der Waals surface area contributed by atoms with Crippen molar-refractivity contribution in [2.45, 2.75) is 64.4 Å². The van der Waals surface area contributed by atoms with Crippen molar-refractivity contribution in [2.24, 2.45) is 0 Å². The van der Waals surface area contributed by atoms with Gasteiger partial charge in [-0.3, -0.25) is 4.57 Å². The normalized spacial score (nSPS) is 29.1. The summed E-state index contributed by atoms with van der Waals surface area (Å²) in [5, 5.41) is 0. The average Bonchev–Trinajstić information content (AvgIpc) is 2.31. The zero-order valence-electron chi connectivity index (χ0n) is 9.67. The maximum Gasteiger partial charge on any atom is 0.319 e. The van der Waals surface area contributed by atoms with Crippen molar-refractivity contribution in [3.63, 3.8) is 0 Å². The van der Waals surface area contributed by atoms with Crippen LogP contribution < -0.4 is 0 Å². The third-order valence-corrected chi connectivity index (χ3v) is 3.75. The highest BCUT2D eigenvalue weighted by Gasteiger charge is 2.14. The molecular formula is C11H23O3P. The smallest absolute Gasteiger partial charge is 0.311 e. The Morgan fingerprint density at radius 3 is 2.93 bits per heavy atom. The Morgan fingerprint density at radius 1 is 1.27 bits per heavy atom. The molecule has 1 fully saturated rings. The lowest BCUT2D eigenvalue weighted by molar-refractivity contribution is 0.152. The Morgan fingerprint density at radius 2 is 2.13 bits per heavy atom. The van der Waals surface area contributed by atoms with Crippen LogP contribution in [0.2, 0.25) is 0 Å². The Bertz CT molecular complexity index is 185. The van der Waals surface area contributed by atoms with Gasteiger partial charge in [0.1, 0.15) is 0 Å². The predicted molar refractivity (Wildman–Crippen MR) is 62.4 cm³/mol. The first-order valence-electron chi connectivity index (χ1n) is 6.16. The van der Waals surface area contributed by atoms with Crippen molar-refractivity contribution in [1.82, 2.24) is 0 Å². The summed E-state index contributed by atoms with van der Waals surface area (Å²) in [5.41, 5.74) is 0. The van der Waals surface area contributed by atoms with Crippen molar-refractivity contribution in [3.8, 4) is 0 Å². The molecule has 0 aromatic heterocycles. The summed E-state index contributed by atoms with van der Waals surface area (Å²) in [6.07, 6.45) is 9.24. The van der Waals surface area contributed by atoms with Gasteiger partial charge in [-0.1, -0.05) is 39.0 Å². The van der Waals surface area contributed by atoms with Crippen LogP contribution >= 0.6 is 8.25 Å². The first-order valence-corrected chi connectivity index (χ1v) is 7.39. The summed E-state index contributed by atoms with van der Waals surface area (Å²) in [6, 6.07) is 0. The van der Waals surface area contributed by atoms with Gasteiger partial charge in [0, 0.05) is 0 Å². The molecule has 0 amide bonds. The zero-order valence-corrected chi connectivity index (χ0v) is 10.7. The van der Waals surface area contributed by atoms with E-state index in [0.717, 1.165) is 19.3 Å². The molecule has 1 rings (SSSR count). The maximum absolute atomic E-state index is 11.4. The second-order valence-corrected chi connectivity index (χ2v) is 5.21. The van der Waals surface area contributed by atoms with Crippen LogP contribution in [0.4, 0.5) is 0 Å². The van der Waals surface area contributed by atoms with Crippen LogP contribution in [0.5, 0.6) is 0 Å². The van der Waals surface area contributed by atoms with Gasteiger partial charge in [0.15, 0.2) is 0 Å². The first kappa shape index (κ1) is 13.2. The maximum atomic E-state index is 11.4. The molecule has 1 aliphatic heterocycles. The lowest BCUT2D eigenvalue weighted by Gasteiger charge is -2.15. The van der Waals surface area contributed by atoms with Gasteiger partial charge >= 0.3 is 8.25 Å². The lowest BCUT2D eigenvalue weighted by Crippen LogP contribution is -2.08. The summed E-state index contributed by atoms with van der Waals surface area (Å²) < 4.78 is 21.9.